The highest BCUT2D eigenvalue weighted by atomic mass is 127. The smallest absolute Gasteiger partial charge is 0.189 e. The van der Waals surface area contributed by atoms with Gasteiger partial charge in [0.1, 0.15) is 11.3 Å². The minimum atomic E-state index is -1.04. The van der Waals surface area contributed by atoms with Crippen molar-refractivity contribution in [3.63, 3.8) is 0 Å². The Balaban J connectivity index is 0.000000207. The first-order chi connectivity index (χ1) is 14.8. The van der Waals surface area contributed by atoms with E-state index in [-0.39, 0.29) is 12.5 Å². The third kappa shape index (κ3) is 7.08. The fourth-order valence-electron chi connectivity index (χ4n) is 2.56. The van der Waals surface area contributed by atoms with E-state index in [0.29, 0.717) is 5.52 Å². The number of fused-ring (bicyclic) bond motifs is 2. The number of rotatable bonds is 6. The Morgan fingerprint density at radius 2 is 1.65 bits per heavy atom. The predicted molar refractivity (Wildman–Crippen MR) is 133 cm³/mol. The molecular weight excluding hydrogens is 523 g/mol. The highest BCUT2D eigenvalue weighted by Gasteiger charge is 2.12. The van der Waals surface area contributed by atoms with Crippen LogP contribution in [0.4, 0.5) is 0 Å². The van der Waals surface area contributed by atoms with Crippen LogP contribution >= 0.6 is 22.6 Å². The number of hydrogen-bond acceptors (Lipinski definition) is 7. The molecule has 0 saturated carbocycles. The van der Waals surface area contributed by atoms with Gasteiger partial charge in [-0.25, -0.2) is 0 Å². The minimum absolute atomic E-state index is 0.149. The molecule has 0 spiro atoms. The number of halogens is 1. The lowest BCUT2D eigenvalue weighted by Crippen LogP contribution is -2.22. The molecule has 0 amide bonds. The lowest BCUT2D eigenvalue weighted by molar-refractivity contribution is 0.0214. The Bertz CT molecular complexity index is 1150. The van der Waals surface area contributed by atoms with Crippen LogP contribution in [0, 0.1) is 3.57 Å². The van der Waals surface area contributed by atoms with Crippen LogP contribution in [0.2, 0.25) is 25.7 Å². The molecule has 7 nitrogen and oxygen atoms in total. The molecule has 1 N–H and O–H groups in total. The third-order valence-electron chi connectivity index (χ3n) is 4.26. The zero-order valence-electron chi connectivity index (χ0n) is 17.7. The normalized spacial score (nSPS) is 11.2. The van der Waals surface area contributed by atoms with Gasteiger partial charge in [-0.2, -0.15) is 0 Å². The topological polar surface area (TPSA) is 90.2 Å². The SMILES string of the molecule is C[Si](C)(C)CCOCOc1cnc2cccnc2c1I.Oc1cnc2cccnc2c1. The zero-order chi connectivity index (χ0) is 22.3. The summed E-state index contributed by atoms with van der Waals surface area (Å²) in [6.07, 6.45) is 6.57. The Morgan fingerprint density at radius 3 is 2.42 bits per heavy atom. The highest BCUT2D eigenvalue weighted by Crippen LogP contribution is 2.26. The first-order valence-corrected chi connectivity index (χ1v) is 14.6. The van der Waals surface area contributed by atoms with Crippen molar-refractivity contribution < 1.29 is 14.6 Å². The van der Waals surface area contributed by atoms with E-state index in [2.05, 4.69) is 62.2 Å². The van der Waals surface area contributed by atoms with Crippen LogP contribution in [0.5, 0.6) is 11.5 Å². The number of ether oxygens (including phenoxy) is 2. The van der Waals surface area contributed by atoms with Crippen LogP contribution in [0.1, 0.15) is 0 Å². The molecule has 0 aromatic carbocycles. The van der Waals surface area contributed by atoms with Crippen molar-refractivity contribution in [2.24, 2.45) is 0 Å². The van der Waals surface area contributed by atoms with E-state index < -0.39 is 8.07 Å². The molecule has 0 aliphatic rings. The summed E-state index contributed by atoms with van der Waals surface area (Å²) in [5.74, 6) is 0.876. The maximum atomic E-state index is 9.03. The van der Waals surface area contributed by atoms with Crippen molar-refractivity contribution in [3.05, 3.63) is 58.7 Å². The van der Waals surface area contributed by atoms with Crippen molar-refractivity contribution in [3.8, 4) is 11.5 Å². The summed E-state index contributed by atoms with van der Waals surface area (Å²) in [4.78, 5) is 16.7. The second kappa shape index (κ2) is 10.8. The fraction of sp³-hybridized carbons (Fsp3) is 0.273. The molecule has 4 rings (SSSR count). The Morgan fingerprint density at radius 1 is 0.935 bits per heavy atom. The van der Waals surface area contributed by atoms with Gasteiger partial charge in [-0.15, -0.1) is 0 Å². The number of aromatic nitrogens is 4. The van der Waals surface area contributed by atoms with E-state index in [0.717, 1.165) is 38.5 Å². The second-order valence-electron chi connectivity index (χ2n) is 8.02. The van der Waals surface area contributed by atoms with E-state index in [9.17, 15) is 0 Å². The minimum Gasteiger partial charge on any atom is -0.506 e. The van der Waals surface area contributed by atoms with E-state index >= 15 is 0 Å². The lowest BCUT2D eigenvalue weighted by Gasteiger charge is -2.15. The summed E-state index contributed by atoms with van der Waals surface area (Å²) in [6.45, 7) is 8.02. The molecule has 0 saturated heterocycles. The summed E-state index contributed by atoms with van der Waals surface area (Å²) in [7, 11) is -1.04. The van der Waals surface area contributed by atoms with Crippen LogP contribution in [-0.4, -0.2) is 46.5 Å². The number of aromatic hydroxyl groups is 1. The standard InChI is InChI=1S/C14H19IN2O2Si.C8H6N2O/c1-20(2,3)8-7-18-10-19-12-9-17-11-5-4-6-16-14(11)13(12)15;11-6-4-8-7(10-5-6)2-1-3-9-8/h4-6,9H,7-8,10H2,1-3H3;1-5,11H. The molecule has 31 heavy (non-hydrogen) atoms. The Kier molecular flexibility index (Phi) is 8.10. The molecule has 4 aromatic rings. The quantitative estimate of drug-likeness (QED) is 0.152. The third-order valence-corrected chi connectivity index (χ3v) is 7.01. The van der Waals surface area contributed by atoms with Crippen molar-refractivity contribution in [2.75, 3.05) is 13.4 Å². The van der Waals surface area contributed by atoms with Crippen LogP contribution in [0.3, 0.4) is 0 Å². The van der Waals surface area contributed by atoms with Gasteiger partial charge in [0.15, 0.2) is 12.5 Å². The van der Waals surface area contributed by atoms with Gasteiger partial charge < -0.3 is 14.6 Å². The Labute approximate surface area is 196 Å². The van der Waals surface area contributed by atoms with Gasteiger partial charge in [-0.3, -0.25) is 19.9 Å². The van der Waals surface area contributed by atoms with E-state index in [4.69, 9.17) is 14.6 Å². The van der Waals surface area contributed by atoms with Gasteiger partial charge in [0.25, 0.3) is 0 Å². The number of nitrogens with zero attached hydrogens (tertiary/aromatic N) is 4. The van der Waals surface area contributed by atoms with Gasteiger partial charge >= 0.3 is 0 Å². The van der Waals surface area contributed by atoms with Crippen LogP contribution in [-0.2, 0) is 4.74 Å². The van der Waals surface area contributed by atoms with Crippen molar-refractivity contribution >= 4 is 52.7 Å². The van der Waals surface area contributed by atoms with E-state index in [1.807, 2.05) is 24.3 Å². The zero-order valence-corrected chi connectivity index (χ0v) is 20.9. The van der Waals surface area contributed by atoms with E-state index in [1.54, 1.807) is 24.7 Å². The van der Waals surface area contributed by atoms with Crippen molar-refractivity contribution in [1.82, 2.24) is 19.9 Å². The van der Waals surface area contributed by atoms with Gasteiger partial charge in [0, 0.05) is 33.1 Å². The lowest BCUT2D eigenvalue weighted by atomic mass is 10.3. The van der Waals surface area contributed by atoms with Gasteiger partial charge in [-0.1, -0.05) is 19.6 Å². The van der Waals surface area contributed by atoms with Crippen molar-refractivity contribution in [1.29, 1.82) is 0 Å². The molecule has 0 aliphatic heterocycles. The summed E-state index contributed by atoms with van der Waals surface area (Å²) < 4.78 is 12.2. The maximum absolute atomic E-state index is 9.03. The van der Waals surface area contributed by atoms with Gasteiger partial charge in [0.2, 0.25) is 0 Å². The molecule has 9 heteroatoms. The van der Waals surface area contributed by atoms with Gasteiger partial charge in [-0.05, 0) is 52.9 Å². The molecule has 0 bridgehead atoms. The van der Waals surface area contributed by atoms with Crippen molar-refractivity contribution in [2.45, 2.75) is 25.7 Å². The van der Waals surface area contributed by atoms with Crippen LogP contribution < -0.4 is 4.74 Å². The molecule has 0 fully saturated rings. The van der Waals surface area contributed by atoms with E-state index in [1.165, 1.54) is 6.20 Å². The fourth-order valence-corrected chi connectivity index (χ4v) is 4.02. The average molecular weight is 548 g/mol. The highest BCUT2D eigenvalue weighted by molar-refractivity contribution is 14.1. The summed E-state index contributed by atoms with van der Waals surface area (Å²) in [5.41, 5.74) is 3.26. The Hall–Kier alpha value is -2.37. The first-order valence-electron chi connectivity index (χ1n) is 9.83. The molecule has 162 valence electrons. The summed E-state index contributed by atoms with van der Waals surface area (Å²) in [5, 5.41) is 9.03. The summed E-state index contributed by atoms with van der Waals surface area (Å²) in [6, 6.07) is 10.2. The van der Waals surface area contributed by atoms with Gasteiger partial charge in [0.05, 0.1) is 32.5 Å². The van der Waals surface area contributed by atoms with Crippen LogP contribution in [0.25, 0.3) is 22.1 Å². The molecule has 4 aromatic heterocycles. The molecule has 0 atom stereocenters. The molecular formula is C22H25IN4O3Si. The van der Waals surface area contributed by atoms with Crippen LogP contribution in [0.15, 0.2) is 55.1 Å². The summed E-state index contributed by atoms with van der Waals surface area (Å²) >= 11 is 2.24. The molecule has 0 aliphatic carbocycles. The maximum Gasteiger partial charge on any atom is 0.189 e. The molecule has 0 unspecified atom stereocenters. The monoisotopic (exact) mass is 548 g/mol. The predicted octanol–water partition coefficient (Wildman–Crippen LogP) is 5.26. The number of pyridine rings is 4. The second-order valence-corrected chi connectivity index (χ2v) is 14.7. The number of hydrogen-bond donors (Lipinski definition) is 1. The average Bonchev–Trinajstić information content (AvgIpc) is 2.75. The largest absolute Gasteiger partial charge is 0.506 e. The first kappa shape index (κ1) is 23.3. The molecule has 4 heterocycles. The molecule has 0 radical (unpaired) electrons.